The monoisotopic (exact) mass is 322 g/mol. The van der Waals surface area contributed by atoms with Crippen LogP contribution in [0.15, 0.2) is 22.7 Å². The van der Waals surface area contributed by atoms with Crippen molar-refractivity contribution in [2.24, 2.45) is 0 Å². The van der Waals surface area contributed by atoms with Crippen LogP contribution >= 0.6 is 15.9 Å². The summed E-state index contributed by atoms with van der Waals surface area (Å²) in [6, 6.07) is 6.71. The smallest absolute Gasteiger partial charge is 0.246 e. The lowest BCUT2D eigenvalue weighted by molar-refractivity contribution is -0.117. The van der Waals surface area contributed by atoms with Gasteiger partial charge in [-0.1, -0.05) is 35.2 Å². The molecule has 1 aromatic carbocycles. The largest absolute Gasteiger partial charge is 0.358 e. The molecule has 0 unspecified atom stereocenters. The third-order valence-electron chi connectivity index (χ3n) is 4.30. The summed E-state index contributed by atoms with van der Waals surface area (Å²) in [7, 11) is 1.87. The van der Waals surface area contributed by atoms with E-state index in [0.717, 1.165) is 10.2 Å². The molecule has 1 aliphatic carbocycles. The minimum Gasteiger partial charge on any atom is -0.358 e. The lowest BCUT2D eigenvalue weighted by Crippen LogP contribution is -2.49. The average Bonchev–Trinajstić information content (AvgIpc) is 2.43. The molecule has 3 rings (SSSR count). The zero-order valence-corrected chi connectivity index (χ0v) is 12.8. The fourth-order valence-corrected chi connectivity index (χ4v) is 3.55. The van der Waals surface area contributed by atoms with Crippen molar-refractivity contribution in [3.05, 3.63) is 22.7 Å². The number of amides is 1. The fraction of sp³-hybridized carbons (Fsp3) is 0.533. The van der Waals surface area contributed by atoms with Crippen molar-refractivity contribution >= 4 is 33.2 Å². The Morgan fingerprint density at radius 3 is 2.63 bits per heavy atom. The average molecular weight is 323 g/mol. The van der Waals surface area contributed by atoms with Gasteiger partial charge in [-0.25, -0.2) is 0 Å². The summed E-state index contributed by atoms with van der Waals surface area (Å²) in [5, 5.41) is 0. The predicted molar refractivity (Wildman–Crippen MR) is 81.8 cm³/mol. The van der Waals surface area contributed by atoms with Crippen molar-refractivity contribution in [1.29, 1.82) is 0 Å². The van der Waals surface area contributed by atoms with E-state index < -0.39 is 0 Å². The molecule has 1 fully saturated rings. The standard InChI is InChI=1S/C15H19BrN2O/c1-17-13-8-7-11(16)9-14(13)18(10-15(17)19)12-5-3-2-4-6-12/h7-9,12H,2-6,10H2,1H3. The van der Waals surface area contributed by atoms with Crippen molar-refractivity contribution in [3.63, 3.8) is 0 Å². The highest BCUT2D eigenvalue weighted by molar-refractivity contribution is 9.10. The van der Waals surface area contributed by atoms with Crippen molar-refractivity contribution in [2.45, 2.75) is 38.1 Å². The molecule has 1 aromatic rings. The van der Waals surface area contributed by atoms with Crippen LogP contribution < -0.4 is 9.80 Å². The molecule has 19 heavy (non-hydrogen) atoms. The lowest BCUT2D eigenvalue weighted by atomic mass is 9.93. The quantitative estimate of drug-likeness (QED) is 0.789. The second kappa shape index (κ2) is 5.16. The van der Waals surface area contributed by atoms with Crippen LogP contribution in [-0.2, 0) is 4.79 Å². The summed E-state index contributed by atoms with van der Waals surface area (Å²) in [6.07, 6.45) is 6.33. The number of carbonyl (C=O) groups excluding carboxylic acids is 1. The van der Waals surface area contributed by atoms with Crippen LogP contribution in [0.25, 0.3) is 0 Å². The van der Waals surface area contributed by atoms with Crippen LogP contribution in [0.1, 0.15) is 32.1 Å². The summed E-state index contributed by atoms with van der Waals surface area (Å²) in [5.41, 5.74) is 2.23. The molecule has 1 heterocycles. The highest BCUT2D eigenvalue weighted by atomic mass is 79.9. The maximum Gasteiger partial charge on any atom is 0.246 e. The number of nitrogens with zero attached hydrogens (tertiary/aromatic N) is 2. The van der Waals surface area contributed by atoms with Crippen LogP contribution in [0, 0.1) is 0 Å². The number of rotatable bonds is 1. The van der Waals surface area contributed by atoms with Gasteiger partial charge in [0.05, 0.1) is 17.9 Å². The molecule has 1 amide bonds. The molecule has 0 radical (unpaired) electrons. The zero-order chi connectivity index (χ0) is 13.4. The van der Waals surface area contributed by atoms with Gasteiger partial charge in [0.2, 0.25) is 5.91 Å². The minimum atomic E-state index is 0.195. The molecular formula is C15H19BrN2O. The molecule has 2 aliphatic rings. The van der Waals surface area contributed by atoms with Gasteiger partial charge in [0.25, 0.3) is 0 Å². The SMILES string of the molecule is CN1C(=O)CN(C2CCCCC2)c2cc(Br)ccc21. The number of fused-ring (bicyclic) bond motifs is 1. The van der Waals surface area contributed by atoms with Crippen LogP contribution in [0.4, 0.5) is 11.4 Å². The highest BCUT2D eigenvalue weighted by Crippen LogP contribution is 2.38. The molecule has 0 spiro atoms. The Morgan fingerprint density at radius 2 is 1.89 bits per heavy atom. The molecule has 1 aliphatic heterocycles. The van der Waals surface area contributed by atoms with Gasteiger partial charge in [-0.05, 0) is 31.0 Å². The Kier molecular flexibility index (Phi) is 3.52. The number of hydrogen-bond acceptors (Lipinski definition) is 2. The van der Waals surface area contributed by atoms with E-state index in [0.29, 0.717) is 12.6 Å². The third kappa shape index (κ3) is 2.38. The van der Waals surface area contributed by atoms with E-state index in [4.69, 9.17) is 0 Å². The molecule has 1 saturated carbocycles. The van der Waals surface area contributed by atoms with Crippen LogP contribution in [0.5, 0.6) is 0 Å². The number of carbonyl (C=O) groups is 1. The Morgan fingerprint density at radius 1 is 1.16 bits per heavy atom. The van der Waals surface area contributed by atoms with E-state index in [9.17, 15) is 4.79 Å². The van der Waals surface area contributed by atoms with Crippen molar-refractivity contribution in [3.8, 4) is 0 Å². The first kappa shape index (κ1) is 13.0. The van der Waals surface area contributed by atoms with Crippen molar-refractivity contribution in [2.75, 3.05) is 23.4 Å². The first-order chi connectivity index (χ1) is 9.16. The Hall–Kier alpha value is -1.03. The zero-order valence-electron chi connectivity index (χ0n) is 11.2. The second-order valence-electron chi connectivity index (χ2n) is 5.51. The maximum atomic E-state index is 12.2. The summed E-state index contributed by atoms with van der Waals surface area (Å²) < 4.78 is 1.08. The number of likely N-dealkylation sites (N-methyl/N-ethyl adjacent to an activating group) is 1. The highest BCUT2D eigenvalue weighted by Gasteiger charge is 2.31. The van der Waals surface area contributed by atoms with Crippen LogP contribution in [0.2, 0.25) is 0 Å². The van der Waals surface area contributed by atoms with Gasteiger partial charge >= 0.3 is 0 Å². The molecule has 0 saturated heterocycles. The molecular weight excluding hydrogens is 304 g/mol. The molecule has 0 N–H and O–H groups in total. The van der Waals surface area contributed by atoms with Gasteiger partial charge in [-0.3, -0.25) is 4.79 Å². The van der Waals surface area contributed by atoms with E-state index in [-0.39, 0.29) is 5.91 Å². The summed E-state index contributed by atoms with van der Waals surface area (Å²) >= 11 is 3.55. The molecule has 3 nitrogen and oxygen atoms in total. The Bertz CT molecular complexity index is 497. The Labute approximate surface area is 122 Å². The fourth-order valence-electron chi connectivity index (χ4n) is 3.20. The summed E-state index contributed by atoms with van der Waals surface area (Å²) in [4.78, 5) is 16.3. The molecule has 102 valence electrons. The van der Waals surface area contributed by atoms with Crippen LogP contribution in [-0.4, -0.2) is 25.5 Å². The normalized spacial score (nSPS) is 20.6. The predicted octanol–water partition coefficient (Wildman–Crippen LogP) is 3.56. The summed E-state index contributed by atoms with van der Waals surface area (Å²) in [5.74, 6) is 0.195. The van der Waals surface area contributed by atoms with E-state index in [1.807, 2.05) is 19.2 Å². The number of halogens is 1. The van der Waals surface area contributed by atoms with Crippen molar-refractivity contribution in [1.82, 2.24) is 0 Å². The topological polar surface area (TPSA) is 23.6 Å². The molecule has 4 heteroatoms. The summed E-state index contributed by atoms with van der Waals surface area (Å²) in [6.45, 7) is 0.518. The molecule has 0 bridgehead atoms. The van der Waals surface area contributed by atoms with E-state index in [1.54, 1.807) is 4.90 Å². The van der Waals surface area contributed by atoms with E-state index in [2.05, 4.69) is 26.9 Å². The third-order valence-corrected chi connectivity index (χ3v) is 4.80. The van der Waals surface area contributed by atoms with Crippen LogP contribution in [0.3, 0.4) is 0 Å². The van der Waals surface area contributed by atoms with Crippen molar-refractivity contribution < 1.29 is 4.79 Å². The number of benzene rings is 1. The van der Waals surface area contributed by atoms with Gasteiger partial charge < -0.3 is 9.80 Å². The van der Waals surface area contributed by atoms with E-state index >= 15 is 0 Å². The van der Waals surface area contributed by atoms with Gasteiger partial charge in [-0.15, -0.1) is 0 Å². The number of anilines is 2. The first-order valence-electron chi connectivity index (χ1n) is 6.99. The minimum absolute atomic E-state index is 0.195. The maximum absolute atomic E-state index is 12.2. The first-order valence-corrected chi connectivity index (χ1v) is 7.79. The lowest BCUT2D eigenvalue weighted by Gasteiger charge is -2.41. The number of hydrogen-bond donors (Lipinski definition) is 0. The second-order valence-corrected chi connectivity index (χ2v) is 6.42. The Balaban J connectivity index is 1.99. The molecule has 0 atom stereocenters. The van der Waals surface area contributed by atoms with Gasteiger partial charge in [0.1, 0.15) is 0 Å². The van der Waals surface area contributed by atoms with Gasteiger partial charge in [0.15, 0.2) is 0 Å². The molecule has 0 aromatic heterocycles. The van der Waals surface area contributed by atoms with Gasteiger partial charge in [-0.2, -0.15) is 0 Å². The van der Waals surface area contributed by atoms with E-state index in [1.165, 1.54) is 37.8 Å². The van der Waals surface area contributed by atoms with Gasteiger partial charge in [0, 0.05) is 17.6 Å².